The maximum absolute atomic E-state index is 12.8. The molecule has 1 amide bonds. The van der Waals surface area contributed by atoms with Crippen LogP contribution in [0.2, 0.25) is 5.02 Å². The molecule has 0 spiro atoms. The number of nitro benzene ring substituents is 1. The number of anilines is 1. The van der Waals surface area contributed by atoms with E-state index in [-0.39, 0.29) is 23.6 Å². The molecule has 0 aromatic heterocycles. The number of hydrogen-bond donors (Lipinski definition) is 1. The van der Waals surface area contributed by atoms with Gasteiger partial charge in [0, 0.05) is 27.2 Å². The second-order valence-electron chi connectivity index (χ2n) is 6.98. The SMILES string of the molecule is Cc1ccc([N+](=O)[O-])cc1NC(=O)/C(C#N)=C/c1cc(Br)ccc1OCc1ccc(Cl)cc1. The van der Waals surface area contributed by atoms with Gasteiger partial charge in [-0.1, -0.05) is 45.7 Å². The molecule has 7 nitrogen and oxygen atoms in total. The number of nitrogens with zero attached hydrogens (tertiary/aromatic N) is 2. The van der Waals surface area contributed by atoms with Gasteiger partial charge in [-0.25, -0.2) is 0 Å². The number of amides is 1. The van der Waals surface area contributed by atoms with Crippen LogP contribution >= 0.6 is 27.5 Å². The Hall–Kier alpha value is -3.67. The number of ether oxygens (including phenoxy) is 1. The summed E-state index contributed by atoms with van der Waals surface area (Å²) < 4.78 is 6.63. The van der Waals surface area contributed by atoms with Crippen LogP contribution in [-0.4, -0.2) is 10.8 Å². The van der Waals surface area contributed by atoms with Gasteiger partial charge in [-0.2, -0.15) is 5.26 Å². The molecule has 3 aromatic rings. The summed E-state index contributed by atoms with van der Waals surface area (Å²) in [7, 11) is 0. The third kappa shape index (κ3) is 6.42. The van der Waals surface area contributed by atoms with Gasteiger partial charge in [0.15, 0.2) is 0 Å². The Morgan fingerprint density at radius 2 is 1.94 bits per heavy atom. The van der Waals surface area contributed by atoms with Crippen molar-refractivity contribution in [2.75, 3.05) is 5.32 Å². The minimum absolute atomic E-state index is 0.164. The summed E-state index contributed by atoms with van der Waals surface area (Å²) in [5.74, 6) is -0.218. The van der Waals surface area contributed by atoms with Gasteiger partial charge in [0.05, 0.1) is 10.6 Å². The Morgan fingerprint density at radius 1 is 1.21 bits per heavy atom. The summed E-state index contributed by atoms with van der Waals surface area (Å²) in [4.78, 5) is 23.2. The minimum Gasteiger partial charge on any atom is -0.488 e. The van der Waals surface area contributed by atoms with E-state index in [1.165, 1.54) is 24.3 Å². The standard InChI is InChI=1S/C24H17BrClN3O4/c1-15-2-8-21(29(31)32)12-22(15)28-24(30)18(13-27)10-17-11-19(25)5-9-23(17)33-14-16-3-6-20(26)7-4-16/h2-12H,14H2,1H3,(H,28,30)/b18-10+. The predicted octanol–water partition coefficient (Wildman–Crippen LogP) is 6.44. The van der Waals surface area contributed by atoms with Gasteiger partial charge < -0.3 is 10.1 Å². The lowest BCUT2D eigenvalue weighted by Crippen LogP contribution is -2.14. The first-order valence-electron chi connectivity index (χ1n) is 9.62. The van der Waals surface area contributed by atoms with E-state index in [0.717, 1.165) is 10.0 Å². The fraction of sp³-hybridized carbons (Fsp3) is 0.0833. The van der Waals surface area contributed by atoms with Crippen molar-refractivity contribution in [3.8, 4) is 11.8 Å². The van der Waals surface area contributed by atoms with E-state index in [2.05, 4.69) is 21.2 Å². The summed E-state index contributed by atoms with van der Waals surface area (Å²) in [6.45, 7) is 1.96. The zero-order valence-corrected chi connectivity index (χ0v) is 19.7. The molecule has 0 saturated heterocycles. The highest BCUT2D eigenvalue weighted by atomic mass is 79.9. The Bertz CT molecular complexity index is 1280. The van der Waals surface area contributed by atoms with Crippen LogP contribution in [0.3, 0.4) is 0 Å². The van der Waals surface area contributed by atoms with Gasteiger partial charge in [-0.05, 0) is 54.5 Å². The first kappa shape index (κ1) is 24.0. The predicted molar refractivity (Wildman–Crippen MR) is 130 cm³/mol. The number of nitriles is 1. The number of halogens is 2. The Labute approximate surface area is 203 Å². The molecule has 0 unspecified atom stereocenters. The lowest BCUT2D eigenvalue weighted by Gasteiger charge is -2.11. The lowest BCUT2D eigenvalue weighted by atomic mass is 10.1. The molecule has 9 heteroatoms. The van der Waals surface area contributed by atoms with Gasteiger partial charge in [0.2, 0.25) is 0 Å². The maximum atomic E-state index is 12.8. The zero-order valence-electron chi connectivity index (χ0n) is 17.3. The van der Waals surface area contributed by atoms with Crippen LogP contribution in [0, 0.1) is 28.4 Å². The van der Waals surface area contributed by atoms with Crippen LogP contribution in [0.4, 0.5) is 11.4 Å². The summed E-state index contributed by atoms with van der Waals surface area (Å²) in [6.07, 6.45) is 1.41. The summed E-state index contributed by atoms with van der Waals surface area (Å²) >= 11 is 9.30. The van der Waals surface area contributed by atoms with E-state index in [0.29, 0.717) is 21.9 Å². The van der Waals surface area contributed by atoms with Crippen molar-refractivity contribution in [3.63, 3.8) is 0 Å². The number of carbonyl (C=O) groups excluding carboxylic acids is 1. The molecule has 0 radical (unpaired) electrons. The molecule has 0 bridgehead atoms. The molecule has 0 aliphatic heterocycles. The van der Waals surface area contributed by atoms with Gasteiger partial charge in [-0.15, -0.1) is 0 Å². The quantitative estimate of drug-likeness (QED) is 0.165. The maximum Gasteiger partial charge on any atom is 0.271 e. The van der Waals surface area contributed by atoms with Crippen LogP contribution in [0.1, 0.15) is 16.7 Å². The molecule has 3 rings (SSSR count). The second kappa shape index (κ2) is 10.8. The molecule has 166 valence electrons. The summed E-state index contributed by atoms with van der Waals surface area (Å²) in [5.41, 5.74) is 1.94. The van der Waals surface area contributed by atoms with Gasteiger partial charge in [0.1, 0.15) is 24.0 Å². The fourth-order valence-electron chi connectivity index (χ4n) is 2.86. The number of hydrogen-bond acceptors (Lipinski definition) is 5. The van der Waals surface area contributed by atoms with Gasteiger partial charge in [-0.3, -0.25) is 14.9 Å². The van der Waals surface area contributed by atoms with Crippen molar-refractivity contribution in [1.29, 1.82) is 5.26 Å². The van der Waals surface area contributed by atoms with Crippen molar-refractivity contribution in [3.05, 3.63) is 103 Å². The highest BCUT2D eigenvalue weighted by molar-refractivity contribution is 9.10. The summed E-state index contributed by atoms with van der Waals surface area (Å²) in [6, 6.07) is 18.4. The number of non-ortho nitro benzene ring substituents is 1. The van der Waals surface area contributed by atoms with Crippen LogP contribution in [0.15, 0.2) is 70.7 Å². The van der Waals surface area contributed by atoms with E-state index in [1.54, 1.807) is 37.3 Å². The van der Waals surface area contributed by atoms with E-state index in [9.17, 15) is 20.2 Å². The normalized spacial score (nSPS) is 10.9. The number of carbonyl (C=O) groups is 1. The molecule has 0 aliphatic rings. The van der Waals surface area contributed by atoms with Crippen molar-refractivity contribution < 1.29 is 14.5 Å². The molecular formula is C24H17BrClN3O4. The van der Waals surface area contributed by atoms with Crippen molar-refractivity contribution in [2.45, 2.75) is 13.5 Å². The molecule has 1 N–H and O–H groups in total. The number of aryl methyl sites for hydroxylation is 1. The number of rotatable bonds is 7. The molecule has 0 aliphatic carbocycles. The monoisotopic (exact) mass is 525 g/mol. The van der Waals surface area contributed by atoms with Crippen LogP contribution in [0.5, 0.6) is 5.75 Å². The van der Waals surface area contributed by atoms with Crippen molar-refractivity contribution >= 4 is 50.9 Å². The number of benzene rings is 3. The van der Waals surface area contributed by atoms with Crippen molar-refractivity contribution in [2.24, 2.45) is 0 Å². The molecule has 0 fully saturated rings. The average Bonchev–Trinajstić information content (AvgIpc) is 2.79. The van der Waals surface area contributed by atoms with Crippen LogP contribution < -0.4 is 10.1 Å². The Balaban J connectivity index is 1.85. The summed E-state index contributed by atoms with van der Waals surface area (Å²) in [5, 5.41) is 23.8. The molecular weight excluding hydrogens is 510 g/mol. The largest absolute Gasteiger partial charge is 0.488 e. The fourth-order valence-corrected chi connectivity index (χ4v) is 3.36. The van der Waals surface area contributed by atoms with E-state index in [1.807, 2.05) is 18.2 Å². The molecule has 3 aromatic carbocycles. The number of nitrogens with one attached hydrogen (secondary N) is 1. The molecule has 0 atom stereocenters. The third-order valence-electron chi connectivity index (χ3n) is 4.62. The van der Waals surface area contributed by atoms with Crippen LogP contribution in [-0.2, 0) is 11.4 Å². The van der Waals surface area contributed by atoms with E-state index >= 15 is 0 Å². The molecule has 0 heterocycles. The van der Waals surface area contributed by atoms with Gasteiger partial charge >= 0.3 is 0 Å². The lowest BCUT2D eigenvalue weighted by molar-refractivity contribution is -0.384. The highest BCUT2D eigenvalue weighted by Gasteiger charge is 2.15. The third-order valence-corrected chi connectivity index (χ3v) is 5.37. The second-order valence-corrected chi connectivity index (χ2v) is 8.33. The molecule has 0 saturated carbocycles. The first-order valence-corrected chi connectivity index (χ1v) is 10.8. The Kier molecular flexibility index (Phi) is 7.83. The average molecular weight is 527 g/mol. The van der Waals surface area contributed by atoms with Crippen LogP contribution in [0.25, 0.3) is 6.08 Å². The molecule has 33 heavy (non-hydrogen) atoms. The topological polar surface area (TPSA) is 105 Å². The smallest absolute Gasteiger partial charge is 0.271 e. The van der Waals surface area contributed by atoms with Gasteiger partial charge in [0.25, 0.3) is 11.6 Å². The minimum atomic E-state index is -0.690. The first-order chi connectivity index (χ1) is 15.8. The highest BCUT2D eigenvalue weighted by Crippen LogP contribution is 2.28. The van der Waals surface area contributed by atoms with E-state index < -0.39 is 10.8 Å². The number of nitro groups is 1. The Morgan fingerprint density at radius 3 is 2.61 bits per heavy atom. The van der Waals surface area contributed by atoms with Crippen molar-refractivity contribution in [1.82, 2.24) is 0 Å². The zero-order chi connectivity index (χ0) is 24.0. The van der Waals surface area contributed by atoms with E-state index in [4.69, 9.17) is 16.3 Å².